The summed E-state index contributed by atoms with van der Waals surface area (Å²) >= 11 is 1.51. The number of aromatic amines is 1. The molecule has 1 saturated heterocycles. The van der Waals surface area contributed by atoms with E-state index in [9.17, 15) is 9.59 Å². The molecule has 134 valence electrons. The second-order valence-electron chi connectivity index (χ2n) is 6.36. The number of nitrogens with one attached hydrogen (secondary N) is 1. The number of hydrogen-bond donors (Lipinski definition) is 1. The van der Waals surface area contributed by atoms with E-state index in [1.165, 1.54) is 18.4 Å². The number of rotatable bonds is 4. The van der Waals surface area contributed by atoms with Crippen LogP contribution in [0.1, 0.15) is 18.7 Å². The maximum Gasteiger partial charge on any atom is 0.323 e. The standard InChI is InChI=1S/C19H19N3O3S/c1-25-19(24)14-8-5-9-22(14)11-16-20-17(23)13-10-15(26-18(13)21-16)12-6-3-2-4-7-12/h2-4,6-7,10,14H,5,8-9,11H2,1H3,(H,20,21,23). The van der Waals surface area contributed by atoms with Gasteiger partial charge in [0.15, 0.2) is 0 Å². The number of aromatic nitrogens is 2. The summed E-state index contributed by atoms with van der Waals surface area (Å²) in [6, 6.07) is 11.6. The van der Waals surface area contributed by atoms with Gasteiger partial charge in [-0.25, -0.2) is 4.98 Å². The predicted molar refractivity (Wildman–Crippen MR) is 101 cm³/mol. The number of esters is 1. The third kappa shape index (κ3) is 3.15. The molecule has 3 heterocycles. The third-order valence-corrected chi connectivity index (χ3v) is 5.78. The van der Waals surface area contributed by atoms with Crippen LogP contribution in [0.5, 0.6) is 0 Å². The number of hydrogen-bond acceptors (Lipinski definition) is 6. The highest BCUT2D eigenvalue weighted by atomic mass is 32.1. The summed E-state index contributed by atoms with van der Waals surface area (Å²) in [5, 5.41) is 0.601. The maximum absolute atomic E-state index is 12.5. The Hall–Kier alpha value is -2.51. The van der Waals surface area contributed by atoms with Gasteiger partial charge in [-0.3, -0.25) is 14.5 Å². The van der Waals surface area contributed by atoms with Crippen molar-refractivity contribution in [2.45, 2.75) is 25.4 Å². The number of ether oxygens (including phenoxy) is 1. The normalized spacial score (nSPS) is 17.7. The molecule has 0 saturated carbocycles. The molecular formula is C19H19N3O3S. The fourth-order valence-corrected chi connectivity index (χ4v) is 4.46. The molecule has 0 aliphatic carbocycles. The molecule has 0 spiro atoms. The van der Waals surface area contributed by atoms with Gasteiger partial charge < -0.3 is 9.72 Å². The zero-order valence-corrected chi connectivity index (χ0v) is 15.2. The van der Waals surface area contributed by atoms with Crippen molar-refractivity contribution < 1.29 is 9.53 Å². The Bertz CT molecular complexity index is 996. The van der Waals surface area contributed by atoms with Crippen molar-refractivity contribution in [3.8, 4) is 10.4 Å². The van der Waals surface area contributed by atoms with E-state index in [0.29, 0.717) is 17.8 Å². The van der Waals surface area contributed by atoms with Gasteiger partial charge in [0.2, 0.25) is 0 Å². The Kier molecular flexibility index (Phi) is 4.57. The Labute approximate surface area is 154 Å². The van der Waals surface area contributed by atoms with E-state index in [-0.39, 0.29) is 17.6 Å². The second kappa shape index (κ2) is 7.01. The van der Waals surface area contributed by atoms with Crippen molar-refractivity contribution in [1.29, 1.82) is 0 Å². The SMILES string of the molecule is COC(=O)C1CCCN1Cc1nc2sc(-c3ccccc3)cc2c(=O)[nH]1. The van der Waals surface area contributed by atoms with Crippen LogP contribution in [0.25, 0.3) is 20.7 Å². The molecule has 1 unspecified atom stereocenters. The molecule has 1 aromatic carbocycles. The molecule has 1 aliphatic heterocycles. The van der Waals surface area contributed by atoms with E-state index in [1.807, 2.05) is 41.3 Å². The van der Waals surface area contributed by atoms with Gasteiger partial charge in [-0.2, -0.15) is 0 Å². The minimum atomic E-state index is -0.260. The number of likely N-dealkylation sites (tertiary alicyclic amines) is 1. The van der Waals surface area contributed by atoms with E-state index < -0.39 is 0 Å². The van der Waals surface area contributed by atoms with Gasteiger partial charge in [-0.05, 0) is 31.0 Å². The van der Waals surface area contributed by atoms with Crippen molar-refractivity contribution in [3.63, 3.8) is 0 Å². The van der Waals surface area contributed by atoms with E-state index in [0.717, 1.165) is 34.7 Å². The van der Waals surface area contributed by atoms with Gasteiger partial charge in [0.1, 0.15) is 16.7 Å². The number of carbonyl (C=O) groups excluding carboxylic acids is 1. The van der Waals surface area contributed by atoms with Crippen molar-refractivity contribution in [1.82, 2.24) is 14.9 Å². The van der Waals surface area contributed by atoms with E-state index in [2.05, 4.69) is 9.97 Å². The first-order valence-corrected chi connectivity index (χ1v) is 9.37. The Morgan fingerprint density at radius 2 is 2.19 bits per heavy atom. The van der Waals surface area contributed by atoms with E-state index in [1.54, 1.807) is 0 Å². The van der Waals surface area contributed by atoms with Crippen LogP contribution in [0.15, 0.2) is 41.2 Å². The predicted octanol–water partition coefficient (Wildman–Crippen LogP) is 2.79. The number of H-pyrrole nitrogens is 1. The molecule has 1 fully saturated rings. The van der Waals surface area contributed by atoms with Crippen molar-refractivity contribution >= 4 is 27.5 Å². The number of thiophene rings is 1. The van der Waals surface area contributed by atoms with Gasteiger partial charge in [0.05, 0.1) is 19.0 Å². The van der Waals surface area contributed by atoms with Crippen molar-refractivity contribution in [3.05, 3.63) is 52.6 Å². The molecule has 1 aliphatic rings. The molecule has 6 nitrogen and oxygen atoms in total. The van der Waals surface area contributed by atoms with Crippen molar-refractivity contribution in [2.75, 3.05) is 13.7 Å². The first-order chi connectivity index (χ1) is 12.7. The average molecular weight is 369 g/mol. The Balaban J connectivity index is 1.65. The van der Waals surface area contributed by atoms with Crippen LogP contribution in [0.2, 0.25) is 0 Å². The molecule has 0 radical (unpaired) electrons. The molecule has 1 N–H and O–H groups in total. The smallest absolute Gasteiger partial charge is 0.323 e. The maximum atomic E-state index is 12.5. The largest absolute Gasteiger partial charge is 0.468 e. The molecular weight excluding hydrogens is 350 g/mol. The third-order valence-electron chi connectivity index (χ3n) is 4.70. The van der Waals surface area contributed by atoms with Crippen LogP contribution in [0.4, 0.5) is 0 Å². The van der Waals surface area contributed by atoms with Crippen LogP contribution in [-0.4, -0.2) is 40.5 Å². The summed E-state index contributed by atoms with van der Waals surface area (Å²) in [5.41, 5.74) is 0.930. The van der Waals surface area contributed by atoms with Crippen LogP contribution in [0.3, 0.4) is 0 Å². The quantitative estimate of drug-likeness (QED) is 0.716. The molecule has 3 aromatic rings. The number of benzene rings is 1. The highest BCUT2D eigenvalue weighted by Gasteiger charge is 2.31. The molecule has 26 heavy (non-hydrogen) atoms. The number of methoxy groups -OCH3 is 1. The lowest BCUT2D eigenvalue weighted by atomic mass is 10.2. The lowest BCUT2D eigenvalue weighted by molar-refractivity contribution is -0.146. The first-order valence-electron chi connectivity index (χ1n) is 8.56. The first kappa shape index (κ1) is 16.9. The van der Waals surface area contributed by atoms with Crippen LogP contribution < -0.4 is 5.56 Å². The fourth-order valence-electron chi connectivity index (χ4n) is 3.41. The van der Waals surface area contributed by atoms with Crippen LogP contribution >= 0.6 is 11.3 Å². The molecule has 7 heteroatoms. The average Bonchev–Trinajstić information content (AvgIpc) is 3.29. The fraction of sp³-hybridized carbons (Fsp3) is 0.316. The van der Waals surface area contributed by atoms with E-state index >= 15 is 0 Å². The molecule has 1 atom stereocenters. The van der Waals surface area contributed by atoms with Crippen molar-refractivity contribution in [2.24, 2.45) is 0 Å². The monoisotopic (exact) mass is 369 g/mol. The van der Waals surface area contributed by atoms with Crippen LogP contribution in [-0.2, 0) is 16.1 Å². The van der Waals surface area contributed by atoms with E-state index in [4.69, 9.17) is 4.74 Å². The number of fused-ring (bicyclic) bond motifs is 1. The summed E-state index contributed by atoms with van der Waals surface area (Å²) in [5.74, 6) is 0.355. The summed E-state index contributed by atoms with van der Waals surface area (Å²) < 4.78 is 4.88. The van der Waals surface area contributed by atoms with Gasteiger partial charge in [0.25, 0.3) is 5.56 Å². The van der Waals surface area contributed by atoms with Gasteiger partial charge in [0, 0.05) is 4.88 Å². The summed E-state index contributed by atoms with van der Waals surface area (Å²) in [7, 11) is 1.40. The zero-order valence-electron chi connectivity index (χ0n) is 14.4. The van der Waals surface area contributed by atoms with Gasteiger partial charge >= 0.3 is 5.97 Å². The zero-order chi connectivity index (χ0) is 18.1. The number of nitrogens with zero attached hydrogens (tertiary/aromatic N) is 2. The molecule has 4 rings (SSSR count). The number of carbonyl (C=O) groups is 1. The highest BCUT2D eigenvalue weighted by Crippen LogP contribution is 2.31. The lowest BCUT2D eigenvalue weighted by Crippen LogP contribution is -2.37. The van der Waals surface area contributed by atoms with Gasteiger partial charge in [-0.1, -0.05) is 30.3 Å². The summed E-state index contributed by atoms with van der Waals surface area (Å²) in [6.07, 6.45) is 1.71. The molecule has 0 amide bonds. The Morgan fingerprint density at radius 1 is 1.38 bits per heavy atom. The second-order valence-corrected chi connectivity index (χ2v) is 7.39. The van der Waals surface area contributed by atoms with Crippen LogP contribution in [0, 0.1) is 0 Å². The van der Waals surface area contributed by atoms with Gasteiger partial charge in [-0.15, -0.1) is 11.3 Å². The minimum absolute atomic E-state index is 0.141. The molecule has 0 bridgehead atoms. The summed E-state index contributed by atoms with van der Waals surface area (Å²) in [4.78, 5) is 35.6. The minimum Gasteiger partial charge on any atom is -0.468 e. The summed E-state index contributed by atoms with van der Waals surface area (Å²) in [6.45, 7) is 1.23. The highest BCUT2D eigenvalue weighted by molar-refractivity contribution is 7.21. The topological polar surface area (TPSA) is 75.3 Å². The Morgan fingerprint density at radius 3 is 2.96 bits per heavy atom. The molecule has 2 aromatic heterocycles. The lowest BCUT2D eigenvalue weighted by Gasteiger charge is -2.21.